The van der Waals surface area contributed by atoms with E-state index in [1.165, 1.54) is 29.2 Å². The zero-order valence-electron chi connectivity index (χ0n) is 21.6. The molecule has 2 saturated heterocycles. The maximum atomic E-state index is 16.2. The predicted octanol–water partition coefficient (Wildman–Crippen LogP) is 4.78. The summed E-state index contributed by atoms with van der Waals surface area (Å²) in [6.45, 7) is 3.77. The molecule has 2 aliphatic heterocycles. The lowest BCUT2D eigenvalue weighted by molar-refractivity contribution is -0.144. The van der Waals surface area contributed by atoms with Gasteiger partial charge in [0.1, 0.15) is 29.0 Å². The Bertz CT molecular complexity index is 1480. The van der Waals surface area contributed by atoms with Crippen LogP contribution in [0, 0.1) is 11.6 Å². The number of aromatic nitrogens is 2. The Balaban J connectivity index is 1.56. The highest BCUT2D eigenvalue weighted by molar-refractivity contribution is 6.34. The van der Waals surface area contributed by atoms with E-state index in [9.17, 15) is 27.5 Å². The number of ether oxygens (including phenoxy) is 1. The van der Waals surface area contributed by atoms with Crippen LogP contribution in [-0.4, -0.2) is 88.9 Å². The summed E-state index contributed by atoms with van der Waals surface area (Å²) in [5.74, 6) is -2.49. The van der Waals surface area contributed by atoms with Crippen LogP contribution in [0.4, 0.5) is 27.8 Å². The van der Waals surface area contributed by atoms with Crippen molar-refractivity contribution in [1.82, 2.24) is 19.8 Å². The highest BCUT2D eigenvalue weighted by Gasteiger charge is 2.36. The number of hydrogen-bond donors (Lipinski definition) is 1. The Kier molecular flexibility index (Phi) is 7.93. The molecule has 3 aromatic rings. The number of aromatic hydroxyl groups is 1. The van der Waals surface area contributed by atoms with Crippen LogP contribution in [0.3, 0.4) is 0 Å². The minimum Gasteiger partial charge on any atom is -0.507 e. The van der Waals surface area contributed by atoms with Gasteiger partial charge in [-0.1, -0.05) is 24.2 Å². The number of phenolic OH excluding ortho intramolecular Hbond substituents is 1. The number of anilines is 1. The largest absolute Gasteiger partial charge is 0.507 e. The Morgan fingerprint density at radius 2 is 1.88 bits per heavy atom. The zero-order chi connectivity index (χ0) is 29.5. The van der Waals surface area contributed by atoms with Crippen LogP contribution in [0.2, 0.25) is 5.02 Å². The van der Waals surface area contributed by atoms with Crippen LogP contribution in [0.5, 0.6) is 11.8 Å². The molecule has 1 amide bonds. The number of halogens is 6. The maximum Gasteiger partial charge on any atom is 0.401 e. The number of piperazine rings is 1. The maximum absolute atomic E-state index is 16.2. The molecular formula is C27H25ClF5N5O3. The molecule has 0 bridgehead atoms. The SMILES string of the molecule is C=CC(=O)N1CCN(c2nc(OC3CCN(CC(F)(F)F)C3)nc3c(F)c(-c4c(O)cccc4F)c(Cl)cc23)CC1. The molecule has 2 aliphatic rings. The smallest absolute Gasteiger partial charge is 0.401 e. The summed E-state index contributed by atoms with van der Waals surface area (Å²) in [7, 11) is 0. The number of alkyl halides is 3. The van der Waals surface area contributed by atoms with Gasteiger partial charge in [-0.3, -0.25) is 9.69 Å². The minimum atomic E-state index is -4.37. The number of rotatable bonds is 6. The average Bonchev–Trinajstić information content (AvgIpc) is 3.34. The van der Waals surface area contributed by atoms with E-state index < -0.39 is 47.3 Å². The molecule has 14 heteroatoms. The first kappa shape index (κ1) is 28.8. The highest BCUT2D eigenvalue weighted by Crippen LogP contribution is 2.43. The number of benzene rings is 2. The molecule has 218 valence electrons. The van der Waals surface area contributed by atoms with Gasteiger partial charge >= 0.3 is 12.2 Å². The summed E-state index contributed by atoms with van der Waals surface area (Å²) >= 11 is 6.44. The molecule has 1 aromatic heterocycles. The van der Waals surface area contributed by atoms with Gasteiger partial charge in [0, 0.05) is 50.2 Å². The molecule has 2 aromatic carbocycles. The van der Waals surface area contributed by atoms with Crippen molar-refractivity contribution in [3.8, 4) is 22.9 Å². The molecular weight excluding hydrogens is 573 g/mol. The van der Waals surface area contributed by atoms with Crippen molar-refractivity contribution < 1.29 is 36.6 Å². The third-order valence-corrected chi connectivity index (χ3v) is 7.35. The molecule has 3 heterocycles. The van der Waals surface area contributed by atoms with Gasteiger partial charge in [-0.2, -0.15) is 23.1 Å². The van der Waals surface area contributed by atoms with Crippen molar-refractivity contribution >= 4 is 34.2 Å². The van der Waals surface area contributed by atoms with E-state index in [0.717, 1.165) is 6.07 Å². The third kappa shape index (κ3) is 6.01. The summed E-state index contributed by atoms with van der Waals surface area (Å²) < 4.78 is 75.3. The van der Waals surface area contributed by atoms with Gasteiger partial charge in [-0.15, -0.1) is 0 Å². The van der Waals surface area contributed by atoms with E-state index >= 15 is 4.39 Å². The van der Waals surface area contributed by atoms with Crippen molar-refractivity contribution in [3.05, 3.63) is 53.6 Å². The number of carbonyl (C=O) groups excluding carboxylic acids is 1. The van der Waals surface area contributed by atoms with E-state index in [0.29, 0.717) is 26.2 Å². The van der Waals surface area contributed by atoms with Gasteiger partial charge in [-0.25, -0.2) is 8.78 Å². The van der Waals surface area contributed by atoms with Gasteiger partial charge in [0.15, 0.2) is 5.82 Å². The number of carbonyl (C=O) groups is 1. The number of amides is 1. The van der Waals surface area contributed by atoms with Crippen LogP contribution in [0.25, 0.3) is 22.0 Å². The molecule has 0 spiro atoms. The topological polar surface area (TPSA) is 82.0 Å². The fourth-order valence-electron chi connectivity index (χ4n) is 5.15. The zero-order valence-corrected chi connectivity index (χ0v) is 22.4. The van der Waals surface area contributed by atoms with Crippen molar-refractivity contribution in [2.24, 2.45) is 0 Å². The second-order valence-electron chi connectivity index (χ2n) is 9.80. The molecule has 5 rings (SSSR count). The van der Waals surface area contributed by atoms with Gasteiger partial charge < -0.3 is 19.6 Å². The molecule has 0 radical (unpaired) electrons. The fourth-order valence-corrected chi connectivity index (χ4v) is 5.44. The molecule has 41 heavy (non-hydrogen) atoms. The number of hydrogen-bond acceptors (Lipinski definition) is 7. The lowest BCUT2D eigenvalue weighted by Crippen LogP contribution is -2.48. The van der Waals surface area contributed by atoms with Crippen molar-refractivity contribution in [1.29, 1.82) is 0 Å². The van der Waals surface area contributed by atoms with E-state index in [-0.39, 0.29) is 53.2 Å². The van der Waals surface area contributed by atoms with Gasteiger partial charge in [0.2, 0.25) is 5.91 Å². The second-order valence-corrected chi connectivity index (χ2v) is 10.2. The summed E-state index contributed by atoms with van der Waals surface area (Å²) in [5, 5.41) is 10.3. The van der Waals surface area contributed by atoms with E-state index in [1.54, 1.807) is 9.80 Å². The lowest BCUT2D eigenvalue weighted by atomic mass is 10.0. The minimum absolute atomic E-state index is 0.0317. The highest BCUT2D eigenvalue weighted by atomic mass is 35.5. The van der Waals surface area contributed by atoms with Crippen LogP contribution in [0.1, 0.15) is 6.42 Å². The molecule has 8 nitrogen and oxygen atoms in total. The van der Waals surface area contributed by atoms with E-state index in [1.807, 2.05) is 0 Å². The standard InChI is InChI=1S/C27H25ClF5N5O3/c1-2-20(40)37-8-10-38(11-9-37)25-16-12-17(28)21(22-18(29)4-3-5-19(22)39)23(30)24(16)34-26(35-25)41-15-6-7-36(13-15)14-27(31,32)33/h2-5,12,15,39H,1,6-11,13-14H2. The summed E-state index contributed by atoms with van der Waals surface area (Å²) in [4.78, 5) is 25.3. The van der Waals surface area contributed by atoms with Crippen LogP contribution >= 0.6 is 11.6 Å². The summed E-state index contributed by atoms with van der Waals surface area (Å²) in [6, 6.07) is 4.58. The van der Waals surface area contributed by atoms with E-state index in [4.69, 9.17) is 16.3 Å². The Hall–Kier alpha value is -3.71. The molecule has 2 fully saturated rings. The monoisotopic (exact) mass is 597 g/mol. The Morgan fingerprint density at radius 1 is 1.15 bits per heavy atom. The molecule has 1 atom stereocenters. The van der Waals surface area contributed by atoms with Gasteiger partial charge in [0.05, 0.1) is 17.1 Å². The second kappa shape index (κ2) is 11.3. The summed E-state index contributed by atoms with van der Waals surface area (Å²) in [6.07, 6.45) is -3.57. The average molecular weight is 598 g/mol. The first-order chi connectivity index (χ1) is 19.4. The lowest BCUT2D eigenvalue weighted by Gasteiger charge is -2.35. The fraction of sp³-hybridized carbons (Fsp3) is 0.370. The van der Waals surface area contributed by atoms with E-state index in [2.05, 4.69) is 16.5 Å². The molecule has 1 unspecified atom stereocenters. The normalized spacial score (nSPS) is 18.2. The summed E-state index contributed by atoms with van der Waals surface area (Å²) in [5.41, 5.74) is -1.14. The van der Waals surface area contributed by atoms with Crippen molar-refractivity contribution in [2.45, 2.75) is 18.7 Å². The first-order valence-corrected chi connectivity index (χ1v) is 13.1. The number of phenols is 1. The first-order valence-electron chi connectivity index (χ1n) is 12.7. The van der Waals surface area contributed by atoms with Gasteiger partial charge in [0.25, 0.3) is 0 Å². The van der Waals surface area contributed by atoms with Crippen molar-refractivity contribution in [3.63, 3.8) is 0 Å². The van der Waals surface area contributed by atoms with Gasteiger partial charge in [-0.05, 0) is 30.7 Å². The number of nitrogens with zero attached hydrogens (tertiary/aromatic N) is 5. The molecule has 0 aliphatic carbocycles. The predicted molar refractivity (Wildman–Crippen MR) is 142 cm³/mol. The van der Waals surface area contributed by atoms with Crippen LogP contribution in [-0.2, 0) is 4.79 Å². The third-order valence-electron chi connectivity index (χ3n) is 7.05. The quantitative estimate of drug-likeness (QED) is 0.323. The molecule has 0 saturated carbocycles. The van der Waals surface area contributed by atoms with Crippen molar-refractivity contribution in [2.75, 3.05) is 50.7 Å². The van der Waals surface area contributed by atoms with Crippen LogP contribution < -0.4 is 9.64 Å². The van der Waals surface area contributed by atoms with Crippen LogP contribution in [0.15, 0.2) is 36.9 Å². The Labute approximate surface area is 236 Å². The molecule has 1 N–H and O–H groups in total. The Morgan fingerprint density at radius 3 is 2.54 bits per heavy atom. The number of fused-ring (bicyclic) bond motifs is 1. The number of likely N-dealkylation sites (tertiary alicyclic amines) is 1.